The second-order valence-electron chi connectivity index (χ2n) is 3.62. The fourth-order valence-corrected chi connectivity index (χ4v) is 1.26. The SMILES string of the molecule is N#CCCCC(=O)NC(=O)OCc1ccccc1. The molecule has 0 bridgehead atoms. The number of carbonyl (C=O) groups excluding carboxylic acids is 2. The first-order chi connectivity index (χ1) is 8.72. The van der Waals surface area contributed by atoms with Crippen molar-refractivity contribution >= 4 is 12.0 Å². The van der Waals surface area contributed by atoms with E-state index >= 15 is 0 Å². The predicted molar refractivity (Wildman–Crippen MR) is 64.2 cm³/mol. The zero-order valence-corrected chi connectivity index (χ0v) is 9.89. The van der Waals surface area contributed by atoms with Crippen LogP contribution < -0.4 is 5.32 Å². The second-order valence-corrected chi connectivity index (χ2v) is 3.62. The first-order valence-corrected chi connectivity index (χ1v) is 5.60. The lowest BCUT2D eigenvalue weighted by atomic mass is 10.2. The monoisotopic (exact) mass is 246 g/mol. The van der Waals surface area contributed by atoms with Crippen LogP contribution in [0.4, 0.5) is 4.79 Å². The first kappa shape index (κ1) is 13.7. The van der Waals surface area contributed by atoms with Crippen molar-refractivity contribution in [3.8, 4) is 6.07 Å². The first-order valence-electron chi connectivity index (χ1n) is 5.60. The Balaban J connectivity index is 2.22. The molecule has 0 heterocycles. The largest absolute Gasteiger partial charge is 0.444 e. The molecule has 0 aliphatic heterocycles. The fraction of sp³-hybridized carbons (Fsp3) is 0.308. The van der Waals surface area contributed by atoms with Crippen LogP contribution in [0.15, 0.2) is 30.3 Å². The van der Waals surface area contributed by atoms with E-state index in [-0.39, 0.29) is 13.0 Å². The number of imide groups is 1. The average Bonchev–Trinajstić information content (AvgIpc) is 2.38. The molecule has 1 aromatic carbocycles. The molecular formula is C13H14N2O3. The summed E-state index contributed by atoms with van der Waals surface area (Å²) in [6, 6.07) is 11.1. The molecule has 0 saturated carbocycles. The van der Waals surface area contributed by atoms with Crippen molar-refractivity contribution in [2.75, 3.05) is 0 Å². The topological polar surface area (TPSA) is 79.2 Å². The summed E-state index contributed by atoms with van der Waals surface area (Å²) in [6.45, 7) is 0.123. The molecule has 0 radical (unpaired) electrons. The number of hydrogen-bond acceptors (Lipinski definition) is 4. The van der Waals surface area contributed by atoms with Gasteiger partial charge in [0.25, 0.3) is 0 Å². The molecule has 18 heavy (non-hydrogen) atoms. The molecule has 0 aromatic heterocycles. The van der Waals surface area contributed by atoms with Gasteiger partial charge < -0.3 is 4.74 Å². The molecule has 0 saturated heterocycles. The third kappa shape index (κ3) is 5.66. The van der Waals surface area contributed by atoms with Gasteiger partial charge in [-0.2, -0.15) is 5.26 Å². The van der Waals surface area contributed by atoms with Crippen LogP contribution in [0.1, 0.15) is 24.8 Å². The van der Waals surface area contributed by atoms with Crippen molar-refractivity contribution < 1.29 is 14.3 Å². The molecular weight excluding hydrogens is 232 g/mol. The highest BCUT2D eigenvalue weighted by Gasteiger charge is 2.08. The maximum atomic E-state index is 11.2. The highest BCUT2D eigenvalue weighted by Crippen LogP contribution is 2.00. The highest BCUT2D eigenvalue weighted by molar-refractivity contribution is 5.91. The van der Waals surface area contributed by atoms with E-state index in [1.54, 1.807) is 0 Å². The van der Waals surface area contributed by atoms with Gasteiger partial charge in [0.05, 0.1) is 6.07 Å². The second kappa shape index (κ2) is 7.85. The number of benzene rings is 1. The Morgan fingerprint density at radius 1 is 1.28 bits per heavy atom. The maximum absolute atomic E-state index is 11.2. The van der Waals surface area contributed by atoms with Crippen LogP contribution in [0.3, 0.4) is 0 Å². The normalized spacial score (nSPS) is 9.28. The summed E-state index contributed by atoms with van der Waals surface area (Å²) in [5, 5.41) is 10.4. The van der Waals surface area contributed by atoms with Crippen molar-refractivity contribution in [1.82, 2.24) is 5.32 Å². The van der Waals surface area contributed by atoms with Crippen molar-refractivity contribution in [2.45, 2.75) is 25.9 Å². The average molecular weight is 246 g/mol. The summed E-state index contributed by atoms with van der Waals surface area (Å²) in [6.07, 6.45) is 0.121. The van der Waals surface area contributed by atoms with E-state index in [1.165, 1.54) is 0 Å². The summed E-state index contributed by atoms with van der Waals surface area (Å²) < 4.78 is 4.87. The number of carbonyl (C=O) groups is 2. The fourth-order valence-electron chi connectivity index (χ4n) is 1.26. The minimum atomic E-state index is -0.763. The number of nitrogens with zero attached hydrogens (tertiary/aromatic N) is 1. The Kier molecular flexibility index (Phi) is 5.98. The van der Waals surface area contributed by atoms with E-state index in [4.69, 9.17) is 10.00 Å². The van der Waals surface area contributed by atoms with Crippen molar-refractivity contribution in [2.24, 2.45) is 0 Å². The zero-order valence-electron chi connectivity index (χ0n) is 9.89. The molecule has 1 N–H and O–H groups in total. The molecule has 0 unspecified atom stereocenters. The van der Waals surface area contributed by atoms with Gasteiger partial charge in [0.15, 0.2) is 0 Å². The summed E-state index contributed by atoms with van der Waals surface area (Å²) in [4.78, 5) is 22.5. The number of nitriles is 1. The number of ether oxygens (including phenoxy) is 1. The van der Waals surface area contributed by atoms with Crippen LogP contribution in [0.5, 0.6) is 0 Å². The number of unbranched alkanes of at least 4 members (excludes halogenated alkanes) is 1. The van der Waals surface area contributed by atoms with Crippen LogP contribution in [-0.2, 0) is 16.1 Å². The number of nitrogens with one attached hydrogen (secondary N) is 1. The summed E-state index contributed by atoms with van der Waals surface area (Å²) in [5.41, 5.74) is 0.851. The third-order valence-electron chi connectivity index (χ3n) is 2.15. The minimum absolute atomic E-state index is 0.123. The number of alkyl carbamates (subject to hydrolysis) is 1. The van der Waals surface area contributed by atoms with Gasteiger partial charge in [0, 0.05) is 12.8 Å². The van der Waals surface area contributed by atoms with Crippen LogP contribution in [-0.4, -0.2) is 12.0 Å². The van der Waals surface area contributed by atoms with Crippen LogP contribution in [0.2, 0.25) is 0 Å². The van der Waals surface area contributed by atoms with Gasteiger partial charge in [-0.15, -0.1) is 0 Å². The Hall–Kier alpha value is -2.35. The molecule has 1 aromatic rings. The molecule has 94 valence electrons. The molecule has 1 rings (SSSR count). The summed E-state index contributed by atoms with van der Waals surface area (Å²) >= 11 is 0. The van der Waals surface area contributed by atoms with Gasteiger partial charge >= 0.3 is 6.09 Å². The molecule has 2 amide bonds. The lowest BCUT2D eigenvalue weighted by molar-refractivity contribution is -0.120. The lowest BCUT2D eigenvalue weighted by Gasteiger charge is -2.05. The van der Waals surface area contributed by atoms with Crippen LogP contribution in [0.25, 0.3) is 0 Å². The maximum Gasteiger partial charge on any atom is 0.414 e. The van der Waals surface area contributed by atoms with E-state index in [0.29, 0.717) is 12.8 Å². The number of amides is 2. The lowest BCUT2D eigenvalue weighted by Crippen LogP contribution is -2.30. The van der Waals surface area contributed by atoms with E-state index in [2.05, 4.69) is 5.32 Å². The number of rotatable bonds is 5. The Morgan fingerprint density at radius 3 is 2.67 bits per heavy atom. The van der Waals surface area contributed by atoms with Gasteiger partial charge in [0.1, 0.15) is 6.61 Å². The van der Waals surface area contributed by atoms with Gasteiger partial charge in [-0.1, -0.05) is 30.3 Å². The van der Waals surface area contributed by atoms with E-state index in [1.807, 2.05) is 36.4 Å². The Bertz CT molecular complexity index is 437. The summed E-state index contributed by atoms with van der Waals surface area (Å²) in [7, 11) is 0. The smallest absolute Gasteiger partial charge is 0.414 e. The van der Waals surface area contributed by atoms with Crippen LogP contribution in [0, 0.1) is 11.3 Å². The van der Waals surface area contributed by atoms with Crippen molar-refractivity contribution in [1.29, 1.82) is 5.26 Å². The summed E-state index contributed by atoms with van der Waals surface area (Å²) in [5.74, 6) is -0.427. The standard InChI is InChI=1S/C13H14N2O3/c14-9-5-4-8-12(16)15-13(17)18-10-11-6-2-1-3-7-11/h1-3,6-7H,4-5,8,10H2,(H,15,16,17). The third-order valence-corrected chi connectivity index (χ3v) is 2.15. The van der Waals surface area contributed by atoms with E-state index in [0.717, 1.165) is 5.56 Å². The molecule has 0 fully saturated rings. The van der Waals surface area contributed by atoms with Crippen molar-refractivity contribution in [3.05, 3.63) is 35.9 Å². The number of hydrogen-bond donors (Lipinski definition) is 1. The van der Waals surface area contributed by atoms with Gasteiger partial charge in [-0.05, 0) is 12.0 Å². The molecule has 5 nitrogen and oxygen atoms in total. The van der Waals surface area contributed by atoms with Crippen LogP contribution >= 0.6 is 0 Å². The Labute approximate surface area is 105 Å². The van der Waals surface area contributed by atoms with Gasteiger partial charge in [0.2, 0.25) is 5.91 Å². The van der Waals surface area contributed by atoms with Crippen molar-refractivity contribution in [3.63, 3.8) is 0 Å². The molecule has 0 aliphatic rings. The molecule has 0 atom stereocenters. The van der Waals surface area contributed by atoms with Gasteiger partial charge in [-0.3, -0.25) is 10.1 Å². The van der Waals surface area contributed by atoms with E-state index < -0.39 is 12.0 Å². The zero-order chi connectivity index (χ0) is 13.2. The van der Waals surface area contributed by atoms with Gasteiger partial charge in [-0.25, -0.2) is 4.79 Å². The van der Waals surface area contributed by atoms with E-state index in [9.17, 15) is 9.59 Å². The predicted octanol–water partition coefficient (Wildman–Crippen LogP) is 2.13. The highest BCUT2D eigenvalue weighted by atomic mass is 16.5. The quantitative estimate of drug-likeness (QED) is 0.807. The minimum Gasteiger partial charge on any atom is -0.444 e. The Morgan fingerprint density at radius 2 is 2.00 bits per heavy atom. The molecule has 5 heteroatoms. The molecule has 0 aliphatic carbocycles. The molecule has 0 spiro atoms.